The van der Waals surface area contributed by atoms with Crippen molar-refractivity contribution >= 4 is 12.0 Å². The summed E-state index contributed by atoms with van der Waals surface area (Å²) in [6, 6.07) is 13.4. The predicted octanol–water partition coefficient (Wildman–Crippen LogP) is 3.11. The van der Waals surface area contributed by atoms with Gasteiger partial charge in [-0.15, -0.1) is 0 Å². The Bertz CT molecular complexity index is 815. The van der Waals surface area contributed by atoms with Gasteiger partial charge >= 0.3 is 0 Å². The molecule has 2 aliphatic rings. The van der Waals surface area contributed by atoms with E-state index in [1.165, 1.54) is 0 Å². The molecule has 0 fully saturated rings. The molecule has 2 aliphatic heterocycles. The number of para-hydroxylation sites is 1. The highest BCUT2D eigenvalue weighted by molar-refractivity contribution is 5.92. The molecule has 0 aromatic heterocycles. The van der Waals surface area contributed by atoms with Gasteiger partial charge in [-0.2, -0.15) is 0 Å². The molecule has 25 heavy (non-hydrogen) atoms. The molecule has 2 aromatic carbocycles. The van der Waals surface area contributed by atoms with E-state index in [9.17, 15) is 4.79 Å². The van der Waals surface area contributed by atoms with Gasteiger partial charge in [-0.05, 0) is 29.8 Å². The summed E-state index contributed by atoms with van der Waals surface area (Å²) in [5.74, 6) is 2.17. The third-order valence-corrected chi connectivity index (χ3v) is 4.27. The Morgan fingerprint density at radius 1 is 0.960 bits per heavy atom. The number of rotatable bonds is 3. The van der Waals surface area contributed by atoms with Crippen molar-refractivity contribution in [1.29, 1.82) is 0 Å². The van der Waals surface area contributed by atoms with Crippen LogP contribution in [-0.4, -0.2) is 25.7 Å². The monoisotopic (exact) mass is 337 g/mol. The van der Waals surface area contributed by atoms with Crippen molar-refractivity contribution in [2.24, 2.45) is 0 Å². The van der Waals surface area contributed by atoms with Gasteiger partial charge in [0.05, 0.1) is 12.6 Å². The SMILES string of the molecule is O=C(/C=C/c1ccc2c(c1)OCCO2)N[C@H]1CCOc2ccccc21. The van der Waals surface area contributed by atoms with Crippen molar-refractivity contribution in [2.45, 2.75) is 12.5 Å². The maximum atomic E-state index is 12.3. The second kappa shape index (κ2) is 6.89. The van der Waals surface area contributed by atoms with Crippen molar-refractivity contribution in [1.82, 2.24) is 5.32 Å². The molecule has 0 saturated carbocycles. The molecule has 0 aliphatic carbocycles. The Labute approximate surface area is 146 Å². The van der Waals surface area contributed by atoms with E-state index < -0.39 is 0 Å². The summed E-state index contributed by atoms with van der Waals surface area (Å²) >= 11 is 0. The standard InChI is InChI=1S/C20H19NO4/c22-20(21-16-9-10-23-17-4-2-1-3-15(16)17)8-6-14-5-7-18-19(13-14)25-12-11-24-18/h1-8,13,16H,9-12H2,(H,21,22)/b8-6+/t16-/m0/s1. The number of fused-ring (bicyclic) bond motifs is 2. The number of nitrogens with one attached hydrogen (secondary N) is 1. The van der Waals surface area contributed by atoms with E-state index in [1.807, 2.05) is 42.5 Å². The van der Waals surface area contributed by atoms with Crippen LogP contribution < -0.4 is 19.5 Å². The average molecular weight is 337 g/mol. The van der Waals surface area contributed by atoms with E-state index >= 15 is 0 Å². The van der Waals surface area contributed by atoms with Gasteiger partial charge in [0, 0.05) is 18.1 Å². The van der Waals surface area contributed by atoms with Crippen molar-refractivity contribution in [3.05, 3.63) is 59.7 Å². The van der Waals surface area contributed by atoms with E-state index in [2.05, 4.69) is 5.32 Å². The lowest BCUT2D eigenvalue weighted by Crippen LogP contribution is -2.30. The van der Waals surface area contributed by atoms with Crippen LogP contribution in [0.4, 0.5) is 0 Å². The largest absolute Gasteiger partial charge is 0.493 e. The predicted molar refractivity (Wildman–Crippen MR) is 93.9 cm³/mol. The number of carbonyl (C=O) groups is 1. The lowest BCUT2D eigenvalue weighted by Gasteiger charge is -2.26. The normalized spacial score (nSPS) is 18.3. The van der Waals surface area contributed by atoms with Gasteiger partial charge < -0.3 is 19.5 Å². The van der Waals surface area contributed by atoms with Gasteiger partial charge in [-0.3, -0.25) is 4.79 Å². The van der Waals surface area contributed by atoms with Gasteiger partial charge in [-0.1, -0.05) is 24.3 Å². The second-order valence-corrected chi connectivity index (χ2v) is 5.97. The molecular weight excluding hydrogens is 318 g/mol. The first-order valence-electron chi connectivity index (χ1n) is 8.39. The minimum absolute atomic E-state index is 0.0256. The molecule has 0 spiro atoms. The zero-order valence-corrected chi connectivity index (χ0v) is 13.7. The number of benzene rings is 2. The Hall–Kier alpha value is -2.95. The number of amides is 1. The molecule has 4 rings (SSSR count). The maximum absolute atomic E-state index is 12.3. The van der Waals surface area contributed by atoms with Crippen LogP contribution in [-0.2, 0) is 4.79 Å². The van der Waals surface area contributed by atoms with Crippen LogP contribution in [0.3, 0.4) is 0 Å². The number of carbonyl (C=O) groups excluding carboxylic acids is 1. The fraction of sp³-hybridized carbons (Fsp3) is 0.250. The smallest absolute Gasteiger partial charge is 0.244 e. The van der Waals surface area contributed by atoms with Crippen LogP contribution in [0.25, 0.3) is 6.08 Å². The van der Waals surface area contributed by atoms with E-state index in [0.29, 0.717) is 25.6 Å². The lowest BCUT2D eigenvalue weighted by atomic mass is 10.0. The Kier molecular flexibility index (Phi) is 4.29. The van der Waals surface area contributed by atoms with Gasteiger partial charge in [0.1, 0.15) is 19.0 Å². The summed E-state index contributed by atoms with van der Waals surface area (Å²) < 4.78 is 16.7. The quantitative estimate of drug-likeness (QED) is 0.875. The van der Waals surface area contributed by atoms with Crippen molar-refractivity contribution in [3.8, 4) is 17.2 Å². The van der Waals surface area contributed by atoms with Gasteiger partial charge in [-0.25, -0.2) is 0 Å². The van der Waals surface area contributed by atoms with E-state index in [0.717, 1.165) is 29.0 Å². The van der Waals surface area contributed by atoms with E-state index in [-0.39, 0.29) is 11.9 Å². The van der Waals surface area contributed by atoms with Gasteiger partial charge in [0.2, 0.25) is 5.91 Å². The van der Waals surface area contributed by atoms with Crippen LogP contribution in [0.5, 0.6) is 17.2 Å². The zero-order chi connectivity index (χ0) is 17.1. The molecule has 5 heteroatoms. The number of hydrogen-bond acceptors (Lipinski definition) is 4. The molecule has 0 saturated heterocycles. The minimum atomic E-state index is -0.128. The summed E-state index contributed by atoms with van der Waals surface area (Å²) in [5, 5.41) is 3.05. The summed E-state index contributed by atoms with van der Waals surface area (Å²) in [5.41, 5.74) is 1.92. The molecule has 1 atom stereocenters. The molecule has 0 unspecified atom stereocenters. The third kappa shape index (κ3) is 3.45. The Balaban J connectivity index is 1.43. The van der Waals surface area contributed by atoms with Crippen molar-refractivity contribution < 1.29 is 19.0 Å². The second-order valence-electron chi connectivity index (χ2n) is 5.97. The first-order chi connectivity index (χ1) is 12.3. The molecule has 2 heterocycles. The number of ether oxygens (including phenoxy) is 3. The fourth-order valence-corrected chi connectivity index (χ4v) is 3.05. The van der Waals surface area contributed by atoms with Crippen molar-refractivity contribution in [2.75, 3.05) is 19.8 Å². The molecule has 5 nitrogen and oxygen atoms in total. The molecular formula is C20H19NO4. The molecule has 2 aromatic rings. The maximum Gasteiger partial charge on any atom is 0.244 e. The molecule has 0 bridgehead atoms. The first-order valence-corrected chi connectivity index (χ1v) is 8.39. The van der Waals surface area contributed by atoms with Crippen LogP contribution >= 0.6 is 0 Å². The van der Waals surface area contributed by atoms with Gasteiger partial charge in [0.15, 0.2) is 11.5 Å². The molecule has 128 valence electrons. The Morgan fingerprint density at radius 3 is 2.68 bits per heavy atom. The fourth-order valence-electron chi connectivity index (χ4n) is 3.05. The van der Waals surface area contributed by atoms with Crippen LogP contribution in [0.1, 0.15) is 23.6 Å². The minimum Gasteiger partial charge on any atom is -0.493 e. The van der Waals surface area contributed by atoms with Crippen LogP contribution in [0, 0.1) is 0 Å². The number of hydrogen-bond donors (Lipinski definition) is 1. The average Bonchev–Trinajstić information content (AvgIpc) is 2.66. The van der Waals surface area contributed by atoms with E-state index in [1.54, 1.807) is 12.2 Å². The summed E-state index contributed by atoms with van der Waals surface area (Å²) in [7, 11) is 0. The van der Waals surface area contributed by atoms with Gasteiger partial charge in [0.25, 0.3) is 0 Å². The Morgan fingerprint density at radius 2 is 1.76 bits per heavy atom. The third-order valence-electron chi connectivity index (χ3n) is 4.27. The lowest BCUT2D eigenvalue weighted by molar-refractivity contribution is -0.117. The highest BCUT2D eigenvalue weighted by Crippen LogP contribution is 2.32. The molecule has 1 N–H and O–H groups in total. The molecule has 0 radical (unpaired) electrons. The summed E-state index contributed by atoms with van der Waals surface area (Å²) in [6.07, 6.45) is 4.09. The highest BCUT2D eigenvalue weighted by Gasteiger charge is 2.21. The summed E-state index contributed by atoms with van der Waals surface area (Å²) in [4.78, 5) is 12.3. The molecule has 1 amide bonds. The topological polar surface area (TPSA) is 56.8 Å². The summed E-state index contributed by atoms with van der Waals surface area (Å²) in [6.45, 7) is 1.72. The van der Waals surface area contributed by atoms with Crippen molar-refractivity contribution in [3.63, 3.8) is 0 Å². The first kappa shape index (κ1) is 15.6. The zero-order valence-electron chi connectivity index (χ0n) is 13.7. The van der Waals surface area contributed by atoms with Crippen LogP contribution in [0.2, 0.25) is 0 Å². The van der Waals surface area contributed by atoms with Crippen LogP contribution in [0.15, 0.2) is 48.5 Å². The van der Waals surface area contributed by atoms with E-state index in [4.69, 9.17) is 14.2 Å². The highest BCUT2D eigenvalue weighted by atomic mass is 16.6.